The molecule has 0 aliphatic carbocycles. The molecule has 0 aliphatic heterocycles. The quantitative estimate of drug-likeness (QED) is 0.0235. The van der Waals surface area contributed by atoms with Crippen molar-refractivity contribution >= 4 is 64.1 Å². The highest BCUT2D eigenvalue weighted by atomic mass is 32.2. The van der Waals surface area contributed by atoms with Gasteiger partial charge in [0.05, 0.1) is 18.9 Å². The van der Waals surface area contributed by atoms with Crippen LogP contribution in [0, 0.1) is 0 Å². The lowest BCUT2D eigenvalue weighted by Crippen LogP contribution is -2.59. The maximum absolute atomic E-state index is 14.2. The van der Waals surface area contributed by atoms with Crippen molar-refractivity contribution in [3.63, 3.8) is 0 Å². The molecule has 0 unspecified atom stereocenters. The van der Waals surface area contributed by atoms with E-state index in [4.69, 9.17) is 17.2 Å². The molecule has 0 saturated carbocycles. The van der Waals surface area contributed by atoms with Crippen LogP contribution in [-0.4, -0.2) is 117 Å². The number of H-pyrrole nitrogens is 2. The summed E-state index contributed by atoms with van der Waals surface area (Å²) >= 11 is 1.53. The summed E-state index contributed by atoms with van der Waals surface area (Å²) in [6, 6.07) is 10.2. The van der Waals surface area contributed by atoms with Gasteiger partial charge in [-0.1, -0.05) is 48.5 Å². The van der Waals surface area contributed by atoms with Gasteiger partial charge in [-0.2, -0.15) is 11.8 Å². The number of aliphatic carboxylic acids is 1. The van der Waals surface area contributed by atoms with E-state index in [1.807, 2.05) is 30.5 Å². The fourth-order valence-corrected chi connectivity index (χ4v) is 6.60. The summed E-state index contributed by atoms with van der Waals surface area (Å²) < 4.78 is 0. The second kappa shape index (κ2) is 23.1. The normalized spacial score (nSPS) is 13.5. The molecule has 0 spiro atoms. The molecule has 19 nitrogen and oxygen atoms in total. The van der Waals surface area contributed by atoms with Crippen LogP contribution in [-0.2, 0) is 48.0 Å². The number of nitrogens with zero attached hydrogens (tertiary/aromatic N) is 2. The lowest BCUT2D eigenvalue weighted by atomic mass is 10.0. The topological polar surface area (TPSA) is 318 Å². The number of amides is 5. The summed E-state index contributed by atoms with van der Waals surface area (Å²) in [6.45, 7) is -0.343. The molecule has 2 aromatic carbocycles. The van der Waals surface area contributed by atoms with E-state index in [9.17, 15) is 33.9 Å². The number of carboxylic acid groups (broad SMARTS) is 1. The predicted octanol–water partition coefficient (Wildman–Crippen LogP) is -0.807. The Morgan fingerprint density at radius 3 is 2.14 bits per heavy atom. The SMILES string of the molecule is CSCC[C@H](N)C(=O)NCC(=O)N[C@@H](Cc1cnc[nH]1)C(=O)N[C@@H](Cc1ccccc1)C(=O)N[C@@H](CCCN=C(N)N)C(=O)N[C@@H](Cc1c[nH]c2ccccc12)C(=O)O. The molecule has 0 saturated heterocycles. The molecule has 0 bridgehead atoms. The van der Waals surface area contributed by atoms with E-state index in [1.165, 1.54) is 24.3 Å². The molecule has 20 heteroatoms. The first kappa shape index (κ1) is 45.3. The largest absolute Gasteiger partial charge is 0.480 e. The van der Waals surface area contributed by atoms with Gasteiger partial charge in [0.15, 0.2) is 5.96 Å². The minimum absolute atomic E-state index is 0.00491. The molecule has 59 heavy (non-hydrogen) atoms. The van der Waals surface area contributed by atoms with Crippen LogP contribution in [0.15, 0.2) is 78.3 Å². The van der Waals surface area contributed by atoms with Crippen LogP contribution < -0.4 is 43.8 Å². The predicted molar refractivity (Wildman–Crippen MR) is 224 cm³/mol. The zero-order valence-corrected chi connectivity index (χ0v) is 33.4. The Morgan fingerprint density at radius 2 is 1.46 bits per heavy atom. The van der Waals surface area contributed by atoms with Crippen molar-refractivity contribution in [3.8, 4) is 0 Å². The number of thioether (sulfide) groups is 1. The van der Waals surface area contributed by atoms with Crippen molar-refractivity contribution in [2.45, 2.75) is 68.7 Å². The van der Waals surface area contributed by atoms with Gasteiger partial charge in [0.1, 0.15) is 24.2 Å². The molecule has 2 aromatic heterocycles. The third kappa shape index (κ3) is 14.8. The maximum atomic E-state index is 14.2. The van der Waals surface area contributed by atoms with Crippen molar-refractivity contribution in [2.75, 3.05) is 25.1 Å². The molecule has 4 rings (SSSR count). The first-order valence-electron chi connectivity index (χ1n) is 18.9. The number of fused-ring (bicyclic) bond motifs is 1. The van der Waals surface area contributed by atoms with E-state index >= 15 is 0 Å². The van der Waals surface area contributed by atoms with E-state index in [0.717, 1.165) is 10.9 Å². The highest BCUT2D eigenvalue weighted by Crippen LogP contribution is 2.19. The number of carbonyl (C=O) groups excluding carboxylic acids is 5. The fraction of sp³-hybridized carbons (Fsp3) is 0.385. The van der Waals surface area contributed by atoms with Gasteiger partial charge in [-0.25, -0.2) is 9.78 Å². The van der Waals surface area contributed by atoms with Crippen molar-refractivity contribution in [1.82, 2.24) is 41.5 Å². The van der Waals surface area contributed by atoms with Crippen LogP contribution >= 0.6 is 11.8 Å². The number of aromatic nitrogens is 3. The third-order valence-electron chi connectivity index (χ3n) is 9.23. The Bertz CT molecular complexity index is 2040. The van der Waals surface area contributed by atoms with Gasteiger partial charge >= 0.3 is 5.97 Å². The number of carbonyl (C=O) groups is 6. The third-order valence-corrected chi connectivity index (χ3v) is 9.87. The minimum Gasteiger partial charge on any atom is -0.480 e. The van der Waals surface area contributed by atoms with Crippen molar-refractivity contribution in [3.05, 3.63) is 90.1 Å². The highest BCUT2D eigenvalue weighted by molar-refractivity contribution is 7.98. The van der Waals surface area contributed by atoms with E-state index in [1.54, 1.807) is 36.5 Å². The lowest BCUT2D eigenvalue weighted by molar-refractivity contribution is -0.142. The van der Waals surface area contributed by atoms with Crippen LogP contribution in [0.2, 0.25) is 0 Å². The van der Waals surface area contributed by atoms with Gasteiger partial charge in [0, 0.05) is 54.8 Å². The number of aromatic amines is 2. The molecular formula is C39H52N12O7S. The van der Waals surface area contributed by atoms with Gasteiger partial charge in [0.2, 0.25) is 29.5 Å². The number of hydrogen-bond donors (Lipinski definition) is 11. The number of benzene rings is 2. The monoisotopic (exact) mass is 832 g/mol. The highest BCUT2D eigenvalue weighted by Gasteiger charge is 2.32. The summed E-state index contributed by atoms with van der Waals surface area (Å²) in [4.78, 5) is 93.9. The molecule has 5 amide bonds. The summed E-state index contributed by atoms with van der Waals surface area (Å²) in [7, 11) is 0. The second-order valence-electron chi connectivity index (χ2n) is 13.7. The number of hydrogen-bond acceptors (Lipinski definition) is 10. The standard InChI is InChI=1S/C39H52N12O7S/c1-59-15-13-27(40)34(53)46-21-33(52)48-31(18-25-20-43-22-47-25)37(56)50-30(16-23-8-3-2-4-9-23)36(55)49-29(12-7-14-44-39(41)42)35(54)51-32(38(57)58)17-24-19-45-28-11-6-5-10-26(24)28/h2-6,8-11,19-20,22,27,29-32,45H,7,12-18,21,40H2,1H3,(H,43,47)(H,46,53)(H,48,52)(H,49,55)(H,50,56)(H,51,54)(H,57,58)(H4,41,42,44)/t27-,29-,30-,31-,32-/m0/s1. The molecule has 0 radical (unpaired) electrons. The van der Waals surface area contributed by atoms with Crippen molar-refractivity contribution in [1.29, 1.82) is 0 Å². The van der Waals surface area contributed by atoms with E-state index in [0.29, 0.717) is 29.0 Å². The first-order valence-corrected chi connectivity index (χ1v) is 20.3. The minimum atomic E-state index is -1.36. The molecule has 0 aliphatic rings. The van der Waals surface area contributed by atoms with Gasteiger partial charge < -0.3 is 58.9 Å². The summed E-state index contributed by atoms with van der Waals surface area (Å²) in [5.74, 6) is -4.28. The molecule has 5 atom stereocenters. The number of aliphatic imine (C=N–C) groups is 1. The number of imidazole rings is 1. The number of para-hydroxylation sites is 1. The zero-order valence-electron chi connectivity index (χ0n) is 32.6. The van der Waals surface area contributed by atoms with Gasteiger partial charge in [-0.3, -0.25) is 29.0 Å². The zero-order chi connectivity index (χ0) is 42.7. The van der Waals surface area contributed by atoms with Crippen LogP contribution in [0.3, 0.4) is 0 Å². The number of guanidine groups is 1. The van der Waals surface area contributed by atoms with Gasteiger partial charge in [0.25, 0.3) is 0 Å². The molecule has 4 aromatic rings. The van der Waals surface area contributed by atoms with Gasteiger partial charge in [-0.15, -0.1) is 0 Å². The van der Waals surface area contributed by atoms with E-state index < -0.39 is 72.3 Å². The molecule has 316 valence electrons. The number of rotatable bonds is 24. The molecule has 14 N–H and O–H groups in total. The Balaban J connectivity index is 1.54. The van der Waals surface area contributed by atoms with E-state index in [2.05, 4.69) is 46.5 Å². The smallest absolute Gasteiger partial charge is 0.326 e. The summed E-state index contributed by atoms with van der Waals surface area (Å²) in [5, 5.41) is 24.0. The maximum Gasteiger partial charge on any atom is 0.326 e. The second-order valence-corrected chi connectivity index (χ2v) is 14.7. The first-order chi connectivity index (χ1) is 28.3. The average Bonchev–Trinajstić information content (AvgIpc) is 3.89. The lowest BCUT2D eigenvalue weighted by Gasteiger charge is -2.26. The Morgan fingerprint density at radius 1 is 0.797 bits per heavy atom. The molecule has 2 heterocycles. The Labute approximate surface area is 344 Å². The average molecular weight is 833 g/mol. The van der Waals surface area contributed by atoms with Crippen molar-refractivity contribution < 1.29 is 33.9 Å². The molecular weight excluding hydrogens is 781 g/mol. The van der Waals surface area contributed by atoms with E-state index in [-0.39, 0.29) is 44.6 Å². The Hall–Kier alpha value is -6.41. The molecule has 0 fully saturated rings. The number of nitrogens with two attached hydrogens (primary N) is 3. The fourth-order valence-electron chi connectivity index (χ4n) is 6.11. The van der Waals surface area contributed by atoms with Crippen LogP contribution in [0.1, 0.15) is 36.1 Å². The van der Waals surface area contributed by atoms with Crippen LogP contribution in [0.4, 0.5) is 0 Å². The number of nitrogens with one attached hydrogen (secondary N) is 7. The summed E-state index contributed by atoms with van der Waals surface area (Å²) in [5.41, 5.74) is 19.5. The van der Waals surface area contributed by atoms with Crippen molar-refractivity contribution in [2.24, 2.45) is 22.2 Å². The van der Waals surface area contributed by atoms with Gasteiger partial charge in [-0.05, 0) is 48.5 Å². The Kier molecular flexibility index (Phi) is 17.7. The van der Waals surface area contributed by atoms with Crippen LogP contribution in [0.5, 0.6) is 0 Å². The number of carboxylic acids is 1. The van der Waals surface area contributed by atoms with Crippen LogP contribution in [0.25, 0.3) is 10.9 Å². The summed E-state index contributed by atoms with van der Waals surface area (Å²) in [6.07, 6.45) is 6.96.